The molecule has 176 valence electrons. The van der Waals surface area contributed by atoms with E-state index in [4.69, 9.17) is 0 Å². The summed E-state index contributed by atoms with van der Waals surface area (Å²) in [5.74, 6) is 1.79. The standard InChI is InChI=1S/C26H35N5O2/c1-2-3-4-7-25(32)30-15-12-21(13-16-30)17-20-8-10-23(11-9-20)28-26(33)22-18-31(19-22)24-6-5-14-27-29-24/h5-6,8-11,14,21-22H,2-4,7,12-13,15-19H2,1H3,(H,28,33). The summed E-state index contributed by atoms with van der Waals surface area (Å²) in [5.41, 5.74) is 2.13. The summed E-state index contributed by atoms with van der Waals surface area (Å²) in [5, 5.41) is 11.0. The number of nitrogens with zero attached hydrogens (tertiary/aromatic N) is 4. The second kappa shape index (κ2) is 11.3. The number of hydrogen-bond donors (Lipinski definition) is 1. The first-order chi connectivity index (χ1) is 16.1. The number of likely N-dealkylation sites (tertiary alicyclic amines) is 1. The summed E-state index contributed by atoms with van der Waals surface area (Å²) in [4.78, 5) is 29.0. The van der Waals surface area contributed by atoms with Gasteiger partial charge in [-0.15, -0.1) is 5.10 Å². The zero-order valence-corrected chi connectivity index (χ0v) is 19.6. The Morgan fingerprint density at radius 1 is 1.06 bits per heavy atom. The molecule has 4 rings (SSSR count). The highest BCUT2D eigenvalue weighted by Gasteiger charge is 2.33. The van der Waals surface area contributed by atoms with Crippen molar-refractivity contribution in [2.24, 2.45) is 11.8 Å². The van der Waals surface area contributed by atoms with Crippen LogP contribution < -0.4 is 10.2 Å². The molecule has 0 spiro atoms. The molecule has 3 heterocycles. The Morgan fingerprint density at radius 2 is 1.82 bits per heavy atom. The van der Waals surface area contributed by atoms with Gasteiger partial charge in [-0.1, -0.05) is 31.9 Å². The van der Waals surface area contributed by atoms with E-state index in [1.165, 1.54) is 5.56 Å². The molecule has 2 saturated heterocycles. The predicted molar refractivity (Wildman–Crippen MR) is 130 cm³/mol. The molecule has 0 saturated carbocycles. The zero-order chi connectivity index (χ0) is 23.0. The molecule has 0 bridgehead atoms. The van der Waals surface area contributed by atoms with Crippen LogP contribution in [0.5, 0.6) is 0 Å². The van der Waals surface area contributed by atoms with Crippen LogP contribution in [0.25, 0.3) is 0 Å². The van der Waals surface area contributed by atoms with Crippen molar-refractivity contribution in [3.05, 3.63) is 48.2 Å². The molecule has 33 heavy (non-hydrogen) atoms. The molecule has 1 N–H and O–H groups in total. The summed E-state index contributed by atoms with van der Waals surface area (Å²) < 4.78 is 0. The lowest BCUT2D eigenvalue weighted by molar-refractivity contribution is -0.132. The van der Waals surface area contributed by atoms with Crippen molar-refractivity contribution >= 4 is 23.3 Å². The normalized spacial score (nSPS) is 17.0. The predicted octanol–water partition coefficient (Wildman–Crippen LogP) is 3.91. The molecule has 1 aromatic carbocycles. The lowest BCUT2D eigenvalue weighted by atomic mass is 9.90. The average molecular weight is 450 g/mol. The molecular formula is C26H35N5O2. The van der Waals surface area contributed by atoms with Crippen molar-refractivity contribution < 1.29 is 9.59 Å². The number of aromatic nitrogens is 2. The van der Waals surface area contributed by atoms with Crippen LogP contribution in [-0.4, -0.2) is 53.1 Å². The van der Waals surface area contributed by atoms with Gasteiger partial charge >= 0.3 is 0 Å². The summed E-state index contributed by atoms with van der Waals surface area (Å²) in [7, 11) is 0. The Balaban J connectivity index is 1.17. The molecule has 7 nitrogen and oxygen atoms in total. The summed E-state index contributed by atoms with van der Waals surface area (Å²) >= 11 is 0. The van der Waals surface area contributed by atoms with Crippen molar-refractivity contribution in [1.29, 1.82) is 0 Å². The number of piperidine rings is 1. The van der Waals surface area contributed by atoms with E-state index in [-0.39, 0.29) is 11.8 Å². The Kier molecular flexibility index (Phi) is 7.92. The van der Waals surface area contributed by atoms with Crippen molar-refractivity contribution in [2.75, 3.05) is 36.4 Å². The highest BCUT2D eigenvalue weighted by atomic mass is 16.2. The van der Waals surface area contributed by atoms with Crippen LogP contribution >= 0.6 is 0 Å². The van der Waals surface area contributed by atoms with Crippen LogP contribution in [0.1, 0.15) is 51.0 Å². The lowest BCUT2D eigenvalue weighted by Gasteiger charge is -2.38. The molecule has 0 radical (unpaired) electrons. The molecular weight excluding hydrogens is 414 g/mol. The van der Waals surface area contributed by atoms with E-state index in [0.29, 0.717) is 31.3 Å². The Hall–Kier alpha value is -2.96. The topological polar surface area (TPSA) is 78.4 Å². The third-order valence-corrected chi connectivity index (χ3v) is 6.84. The first-order valence-electron chi connectivity index (χ1n) is 12.3. The summed E-state index contributed by atoms with van der Waals surface area (Å²) in [6, 6.07) is 12.0. The van der Waals surface area contributed by atoms with Crippen molar-refractivity contribution in [3.8, 4) is 0 Å². The molecule has 0 unspecified atom stereocenters. The second-order valence-corrected chi connectivity index (χ2v) is 9.36. The molecule has 0 atom stereocenters. The third kappa shape index (κ3) is 6.30. The Morgan fingerprint density at radius 3 is 2.48 bits per heavy atom. The van der Waals surface area contributed by atoms with Crippen LogP contribution in [0.15, 0.2) is 42.6 Å². The van der Waals surface area contributed by atoms with Crippen molar-refractivity contribution in [1.82, 2.24) is 15.1 Å². The first-order valence-corrected chi connectivity index (χ1v) is 12.3. The van der Waals surface area contributed by atoms with E-state index in [1.807, 2.05) is 24.3 Å². The maximum Gasteiger partial charge on any atom is 0.231 e. The fraction of sp³-hybridized carbons (Fsp3) is 0.538. The van der Waals surface area contributed by atoms with E-state index in [0.717, 1.165) is 63.1 Å². The van der Waals surface area contributed by atoms with Gasteiger partial charge < -0.3 is 15.1 Å². The lowest BCUT2D eigenvalue weighted by Crippen LogP contribution is -2.52. The summed E-state index contributed by atoms with van der Waals surface area (Å²) in [6.07, 6.45) is 8.83. The van der Waals surface area contributed by atoms with Crippen LogP contribution in [0.4, 0.5) is 11.5 Å². The van der Waals surface area contributed by atoms with Crippen LogP contribution in [0.2, 0.25) is 0 Å². The number of unbranched alkanes of at least 4 members (excludes halogenated alkanes) is 2. The Labute approximate surface area is 196 Å². The van der Waals surface area contributed by atoms with E-state index in [1.54, 1.807) is 6.20 Å². The smallest absolute Gasteiger partial charge is 0.231 e. The van der Waals surface area contributed by atoms with Gasteiger partial charge in [0.05, 0.1) is 5.92 Å². The van der Waals surface area contributed by atoms with Gasteiger partial charge in [0.2, 0.25) is 11.8 Å². The zero-order valence-electron chi connectivity index (χ0n) is 19.6. The minimum atomic E-state index is -0.0263. The minimum absolute atomic E-state index is 0.0263. The number of carbonyl (C=O) groups is 2. The van der Waals surface area contributed by atoms with Gasteiger partial charge in [0.15, 0.2) is 5.82 Å². The number of hydrogen-bond acceptors (Lipinski definition) is 5. The van der Waals surface area contributed by atoms with Crippen molar-refractivity contribution in [2.45, 2.75) is 51.9 Å². The molecule has 2 aliphatic rings. The monoisotopic (exact) mass is 449 g/mol. The van der Waals surface area contributed by atoms with Crippen LogP contribution in [-0.2, 0) is 16.0 Å². The highest BCUT2D eigenvalue weighted by molar-refractivity contribution is 5.94. The van der Waals surface area contributed by atoms with E-state index in [9.17, 15) is 9.59 Å². The van der Waals surface area contributed by atoms with Crippen molar-refractivity contribution in [3.63, 3.8) is 0 Å². The number of anilines is 2. The minimum Gasteiger partial charge on any atom is -0.353 e. The third-order valence-electron chi connectivity index (χ3n) is 6.84. The number of carbonyl (C=O) groups excluding carboxylic acids is 2. The van der Waals surface area contributed by atoms with E-state index in [2.05, 4.69) is 44.4 Å². The van der Waals surface area contributed by atoms with Gasteiger partial charge in [-0.25, -0.2) is 0 Å². The first kappa shape index (κ1) is 23.2. The van der Waals surface area contributed by atoms with Crippen LogP contribution in [0, 0.1) is 11.8 Å². The van der Waals surface area contributed by atoms with Gasteiger partial charge in [0, 0.05) is 44.5 Å². The van der Waals surface area contributed by atoms with Gasteiger partial charge in [0.1, 0.15) is 0 Å². The molecule has 2 aromatic rings. The van der Waals surface area contributed by atoms with Gasteiger partial charge in [-0.2, -0.15) is 5.10 Å². The maximum atomic E-state index is 12.5. The van der Waals surface area contributed by atoms with Gasteiger partial charge in [0.25, 0.3) is 0 Å². The SMILES string of the molecule is CCCCCC(=O)N1CCC(Cc2ccc(NC(=O)C3CN(c4cccnn4)C3)cc2)CC1. The molecule has 2 fully saturated rings. The quantitative estimate of drug-likeness (QED) is 0.587. The molecule has 2 amide bonds. The second-order valence-electron chi connectivity index (χ2n) is 9.36. The maximum absolute atomic E-state index is 12.5. The molecule has 7 heteroatoms. The fourth-order valence-electron chi connectivity index (χ4n) is 4.67. The molecule has 0 aliphatic carbocycles. The number of rotatable bonds is 9. The summed E-state index contributed by atoms with van der Waals surface area (Å²) in [6.45, 7) is 5.28. The molecule has 2 aliphatic heterocycles. The van der Waals surface area contributed by atoms with Crippen LogP contribution in [0.3, 0.4) is 0 Å². The number of nitrogens with one attached hydrogen (secondary N) is 1. The number of benzene rings is 1. The average Bonchev–Trinajstić information content (AvgIpc) is 2.81. The highest BCUT2D eigenvalue weighted by Crippen LogP contribution is 2.25. The number of amides is 2. The van der Waals surface area contributed by atoms with E-state index < -0.39 is 0 Å². The van der Waals surface area contributed by atoms with E-state index >= 15 is 0 Å². The van der Waals surface area contributed by atoms with Gasteiger partial charge in [-0.05, 0) is 61.4 Å². The van der Waals surface area contributed by atoms with Gasteiger partial charge in [-0.3, -0.25) is 9.59 Å². The fourth-order valence-corrected chi connectivity index (χ4v) is 4.67. The molecule has 1 aromatic heterocycles. The largest absolute Gasteiger partial charge is 0.353 e. The Bertz CT molecular complexity index is 904.